The van der Waals surface area contributed by atoms with Crippen LogP contribution >= 0.6 is 15.9 Å². The lowest BCUT2D eigenvalue weighted by Gasteiger charge is -2.16. The molecule has 22 heavy (non-hydrogen) atoms. The largest absolute Gasteiger partial charge is 0.451 e. The average molecular weight is 358 g/mol. The second-order valence-electron chi connectivity index (χ2n) is 5.34. The molecular weight excluding hydrogens is 342 g/mol. The van der Waals surface area contributed by atoms with Gasteiger partial charge in [0, 0.05) is 29.0 Å². The van der Waals surface area contributed by atoms with Crippen molar-refractivity contribution < 1.29 is 9.21 Å². The number of fused-ring (bicyclic) bond motifs is 1. The van der Waals surface area contributed by atoms with E-state index in [0.717, 1.165) is 26.6 Å². The van der Waals surface area contributed by atoms with Crippen LogP contribution in [0, 0.1) is 6.92 Å². The molecule has 0 saturated heterocycles. The van der Waals surface area contributed by atoms with Gasteiger partial charge in [0.25, 0.3) is 5.91 Å². The Hall–Kier alpha value is -2.07. The van der Waals surface area contributed by atoms with Gasteiger partial charge in [-0.05, 0) is 30.7 Å². The molecule has 0 aliphatic rings. The number of carbonyl (C=O) groups is 1. The molecule has 0 bridgehead atoms. The van der Waals surface area contributed by atoms with Crippen molar-refractivity contribution in [3.05, 3.63) is 69.9 Å². The second kappa shape index (κ2) is 5.97. The number of furan rings is 1. The summed E-state index contributed by atoms with van der Waals surface area (Å²) in [6.45, 7) is 2.48. The molecule has 3 nitrogen and oxygen atoms in total. The van der Waals surface area contributed by atoms with Crippen LogP contribution in [-0.4, -0.2) is 17.9 Å². The highest BCUT2D eigenvalue weighted by atomic mass is 79.9. The highest BCUT2D eigenvalue weighted by Gasteiger charge is 2.21. The molecule has 112 valence electrons. The number of aryl methyl sites for hydroxylation is 1. The smallest absolute Gasteiger partial charge is 0.289 e. The second-order valence-corrected chi connectivity index (χ2v) is 6.26. The van der Waals surface area contributed by atoms with Gasteiger partial charge >= 0.3 is 0 Å². The van der Waals surface area contributed by atoms with Crippen LogP contribution in [0.3, 0.4) is 0 Å². The van der Waals surface area contributed by atoms with E-state index in [-0.39, 0.29) is 5.91 Å². The van der Waals surface area contributed by atoms with Crippen molar-refractivity contribution in [3.63, 3.8) is 0 Å². The Bertz CT molecular complexity index is 824. The van der Waals surface area contributed by atoms with E-state index in [0.29, 0.717) is 12.3 Å². The molecule has 0 aliphatic carbocycles. The number of hydrogen-bond donors (Lipinski definition) is 0. The van der Waals surface area contributed by atoms with Gasteiger partial charge in [-0.25, -0.2) is 0 Å². The highest BCUT2D eigenvalue weighted by Crippen LogP contribution is 2.28. The lowest BCUT2D eigenvalue weighted by Crippen LogP contribution is -2.26. The summed E-state index contributed by atoms with van der Waals surface area (Å²) >= 11 is 3.42. The molecule has 3 rings (SSSR count). The minimum Gasteiger partial charge on any atom is -0.451 e. The fourth-order valence-corrected chi connectivity index (χ4v) is 2.85. The topological polar surface area (TPSA) is 33.5 Å². The molecule has 0 atom stereocenters. The summed E-state index contributed by atoms with van der Waals surface area (Å²) in [6.07, 6.45) is 0. The quantitative estimate of drug-likeness (QED) is 0.675. The minimum atomic E-state index is -0.103. The molecule has 0 fully saturated rings. The van der Waals surface area contributed by atoms with E-state index < -0.39 is 0 Å². The van der Waals surface area contributed by atoms with Crippen molar-refractivity contribution in [2.24, 2.45) is 0 Å². The van der Waals surface area contributed by atoms with Gasteiger partial charge in [-0.1, -0.05) is 46.3 Å². The highest BCUT2D eigenvalue weighted by molar-refractivity contribution is 9.10. The summed E-state index contributed by atoms with van der Waals surface area (Å²) in [6, 6.07) is 15.7. The van der Waals surface area contributed by atoms with Crippen LogP contribution in [-0.2, 0) is 6.54 Å². The summed E-state index contributed by atoms with van der Waals surface area (Å²) in [5, 5.41) is 0.972. The molecule has 0 radical (unpaired) electrons. The molecule has 1 heterocycles. The predicted octanol–water partition coefficient (Wildman–Crippen LogP) is 4.78. The third-order valence-corrected chi connectivity index (χ3v) is 4.20. The summed E-state index contributed by atoms with van der Waals surface area (Å²) in [4.78, 5) is 14.3. The molecule has 1 aromatic heterocycles. The van der Waals surface area contributed by atoms with E-state index in [1.54, 1.807) is 11.9 Å². The van der Waals surface area contributed by atoms with Crippen LogP contribution in [0.5, 0.6) is 0 Å². The van der Waals surface area contributed by atoms with E-state index >= 15 is 0 Å². The molecule has 0 spiro atoms. The summed E-state index contributed by atoms with van der Waals surface area (Å²) in [5.41, 5.74) is 2.70. The fraction of sp³-hybridized carbons (Fsp3) is 0.167. The van der Waals surface area contributed by atoms with Gasteiger partial charge in [-0.3, -0.25) is 4.79 Å². The van der Waals surface area contributed by atoms with E-state index in [1.807, 2.05) is 55.5 Å². The van der Waals surface area contributed by atoms with E-state index in [1.165, 1.54) is 0 Å². The van der Waals surface area contributed by atoms with E-state index in [4.69, 9.17) is 4.42 Å². The first-order valence-corrected chi connectivity index (χ1v) is 7.83. The molecule has 0 unspecified atom stereocenters. The number of nitrogens with zero attached hydrogens (tertiary/aromatic N) is 1. The third kappa shape index (κ3) is 2.79. The molecular formula is C18H16BrNO2. The molecule has 0 aliphatic heterocycles. The average Bonchev–Trinajstić information content (AvgIpc) is 2.83. The van der Waals surface area contributed by atoms with Crippen molar-refractivity contribution >= 4 is 32.8 Å². The fourth-order valence-electron chi connectivity index (χ4n) is 2.51. The monoisotopic (exact) mass is 357 g/mol. The number of benzene rings is 2. The Morgan fingerprint density at radius 1 is 1.18 bits per heavy atom. The zero-order valence-corrected chi connectivity index (χ0v) is 14.1. The Labute approximate surface area is 137 Å². The zero-order chi connectivity index (χ0) is 15.7. The minimum absolute atomic E-state index is 0.103. The van der Waals surface area contributed by atoms with Gasteiger partial charge in [0.15, 0.2) is 5.76 Å². The Kier molecular flexibility index (Phi) is 4.03. The van der Waals surface area contributed by atoms with Crippen molar-refractivity contribution in [3.8, 4) is 0 Å². The molecule has 0 N–H and O–H groups in total. The van der Waals surface area contributed by atoms with Gasteiger partial charge in [0.1, 0.15) is 5.58 Å². The molecule has 3 aromatic rings. The first kappa shape index (κ1) is 14.9. The van der Waals surface area contributed by atoms with Crippen molar-refractivity contribution in [2.45, 2.75) is 13.5 Å². The SMILES string of the molecule is Cc1c(C(=O)N(C)Cc2ccccc2)oc2cc(Br)ccc12. The van der Waals surface area contributed by atoms with Gasteiger partial charge in [0.05, 0.1) is 0 Å². The van der Waals surface area contributed by atoms with Crippen molar-refractivity contribution in [2.75, 3.05) is 7.05 Å². The first-order chi connectivity index (χ1) is 10.6. The van der Waals surface area contributed by atoms with Crippen LogP contribution in [0.1, 0.15) is 21.7 Å². The van der Waals surface area contributed by atoms with Crippen LogP contribution in [0.25, 0.3) is 11.0 Å². The molecule has 0 saturated carbocycles. The first-order valence-electron chi connectivity index (χ1n) is 7.04. The number of amides is 1. The lowest BCUT2D eigenvalue weighted by molar-refractivity contribution is 0.0755. The maximum Gasteiger partial charge on any atom is 0.289 e. The number of hydrogen-bond acceptors (Lipinski definition) is 2. The van der Waals surface area contributed by atoms with Crippen molar-refractivity contribution in [1.82, 2.24) is 4.90 Å². The van der Waals surface area contributed by atoms with Crippen molar-refractivity contribution in [1.29, 1.82) is 0 Å². The van der Waals surface area contributed by atoms with Crippen LogP contribution in [0.2, 0.25) is 0 Å². The molecule has 4 heteroatoms. The lowest BCUT2D eigenvalue weighted by atomic mass is 10.1. The predicted molar refractivity (Wildman–Crippen MR) is 90.9 cm³/mol. The Balaban J connectivity index is 1.90. The zero-order valence-electron chi connectivity index (χ0n) is 12.5. The maximum absolute atomic E-state index is 12.6. The standard InChI is InChI=1S/C18H16BrNO2/c1-12-15-9-8-14(19)10-16(15)22-17(12)18(21)20(2)11-13-6-4-3-5-7-13/h3-10H,11H2,1-2H3. The molecule has 2 aromatic carbocycles. The van der Waals surface area contributed by atoms with Crippen LogP contribution in [0.4, 0.5) is 0 Å². The number of carbonyl (C=O) groups excluding carboxylic acids is 1. The van der Waals surface area contributed by atoms with Crippen LogP contribution in [0.15, 0.2) is 57.4 Å². The third-order valence-electron chi connectivity index (χ3n) is 3.70. The van der Waals surface area contributed by atoms with Gasteiger partial charge in [0.2, 0.25) is 0 Å². The van der Waals surface area contributed by atoms with Gasteiger partial charge < -0.3 is 9.32 Å². The van der Waals surface area contributed by atoms with Crippen LogP contribution < -0.4 is 0 Å². The molecule has 1 amide bonds. The normalized spacial score (nSPS) is 10.9. The Morgan fingerprint density at radius 3 is 2.64 bits per heavy atom. The Morgan fingerprint density at radius 2 is 1.91 bits per heavy atom. The van der Waals surface area contributed by atoms with E-state index in [9.17, 15) is 4.79 Å². The number of halogens is 1. The summed E-state index contributed by atoms with van der Waals surface area (Å²) in [5.74, 6) is 0.306. The number of rotatable bonds is 3. The van der Waals surface area contributed by atoms with Gasteiger partial charge in [-0.15, -0.1) is 0 Å². The maximum atomic E-state index is 12.6. The summed E-state index contributed by atoms with van der Waals surface area (Å²) in [7, 11) is 1.79. The van der Waals surface area contributed by atoms with E-state index in [2.05, 4.69) is 15.9 Å². The summed E-state index contributed by atoms with van der Waals surface area (Å²) < 4.78 is 6.71. The van der Waals surface area contributed by atoms with Gasteiger partial charge in [-0.2, -0.15) is 0 Å².